The molecule has 0 bridgehead atoms. The number of rotatable bonds is 10. The first kappa shape index (κ1) is 28.8. The summed E-state index contributed by atoms with van der Waals surface area (Å²) >= 11 is 5.29. The van der Waals surface area contributed by atoms with Gasteiger partial charge >= 0.3 is 0 Å². The number of methoxy groups -OCH3 is 1. The molecule has 0 saturated carbocycles. The van der Waals surface area contributed by atoms with E-state index >= 15 is 0 Å². The lowest BCUT2D eigenvalue weighted by Crippen LogP contribution is -2.31. The Morgan fingerprint density at radius 1 is 1.12 bits per heavy atom. The number of allylic oxidation sites excluding steroid dienone is 1. The minimum absolute atomic E-state index is 0.228. The summed E-state index contributed by atoms with van der Waals surface area (Å²) in [5.41, 5.74) is 4.86. The van der Waals surface area contributed by atoms with Crippen LogP contribution in [0.2, 0.25) is 0 Å². The van der Waals surface area contributed by atoms with Crippen LogP contribution in [0.1, 0.15) is 43.0 Å². The Labute approximate surface area is 252 Å². The van der Waals surface area contributed by atoms with Crippen molar-refractivity contribution in [1.82, 2.24) is 14.8 Å². The standard InChI is InChI=1S/C31H32BrN5O3S/c1-5-14-41-31-35-30-33-20(3)26(29(38)34-23-13-9-10-19(2)15-23)27(37(30)36-31)22-16-24(32)28(25(17-22)39-4)40-18-21-11-7-6-8-12-21/h6-13,15-17,27H,5,14,18H2,1-4H3,(H,34,38)(H,33,35,36). The second-order valence-corrected chi connectivity index (χ2v) is 11.6. The van der Waals surface area contributed by atoms with Crippen molar-refractivity contribution in [2.24, 2.45) is 0 Å². The third kappa shape index (κ3) is 6.44. The molecule has 3 aromatic carbocycles. The predicted molar refractivity (Wildman–Crippen MR) is 167 cm³/mol. The number of nitrogens with one attached hydrogen (secondary N) is 2. The monoisotopic (exact) mass is 633 g/mol. The number of fused-ring (bicyclic) bond motifs is 1. The van der Waals surface area contributed by atoms with Crippen LogP contribution in [0.15, 0.2) is 87.6 Å². The van der Waals surface area contributed by atoms with Gasteiger partial charge in [0, 0.05) is 17.1 Å². The molecule has 0 saturated heterocycles. The van der Waals surface area contributed by atoms with Gasteiger partial charge in [0.15, 0.2) is 11.5 Å². The van der Waals surface area contributed by atoms with E-state index in [4.69, 9.17) is 19.6 Å². The molecule has 5 rings (SSSR count). The second kappa shape index (κ2) is 12.8. The van der Waals surface area contributed by atoms with Crippen LogP contribution in [-0.2, 0) is 11.4 Å². The molecule has 1 unspecified atom stereocenters. The van der Waals surface area contributed by atoms with Gasteiger partial charge < -0.3 is 20.1 Å². The molecular weight excluding hydrogens is 602 g/mol. The molecule has 0 radical (unpaired) electrons. The number of halogens is 1. The number of aryl methyl sites for hydroxylation is 1. The number of carbonyl (C=O) groups excluding carboxylic acids is 1. The summed E-state index contributed by atoms with van der Waals surface area (Å²) in [6.45, 7) is 6.39. The fraction of sp³-hybridized carbons (Fsp3) is 0.258. The zero-order chi connectivity index (χ0) is 28.9. The lowest BCUT2D eigenvalue weighted by atomic mass is 9.94. The van der Waals surface area contributed by atoms with Gasteiger partial charge in [-0.3, -0.25) is 4.79 Å². The van der Waals surface area contributed by atoms with Crippen molar-refractivity contribution >= 4 is 45.2 Å². The molecule has 41 heavy (non-hydrogen) atoms. The van der Waals surface area contributed by atoms with Gasteiger partial charge in [0.05, 0.1) is 17.2 Å². The highest BCUT2D eigenvalue weighted by molar-refractivity contribution is 9.10. The van der Waals surface area contributed by atoms with Crippen molar-refractivity contribution < 1.29 is 14.3 Å². The lowest BCUT2D eigenvalue weighted by Gasteiger charge is -2.29. The van der Waals surface area contributed by atoms with Crippen LogP contribution in [-0.4, -0.2) is 33.5 Å². The van der Waals surface area contributed by atoms with Crippen LogP contribution in [0, 0.1) is 6.92 Å². The van der Waals surface area contributed by atoms with Gasteiger partial charge in [-0.2, -0.15) is 4.98 Å². The molecule has 2 N–H and O–H groups in total. The molecule has 1 aromatic heterocycles. The van der Waals surface area contributed by atoms with Crippen LogP contribution >= 0.6 is 27.7 Å². The van der Waals surface area contributed by atoms with Crippen LogP contribution in [0.25, 0.3) is 0 Å². The van der Waals surface area contributed by atoms with E-state index in [0.29, 0.717) is 45.0 Å². The first-order valence-electron chi connectivity index (χ1n) is 13.4. The third-order valence-electron chi connectivity index (χ3n) is 6.58. The average Bonchev–Trinajstić information content (AvgIpc) is 3.37. The van der Waals surface area contributed by atoms with Gasteiger partial charge in [0.1, 0.15) is 12.6 Å². The zero-order valence-corrected chi connectivity index (χ0v) is 25.8. The number of nitrogens with zero attached hydrogens (tertiary/aromatic N) is 3. The van der Waals surface area contributed by atoms with Gasteiger partial charge in [0.2, 0.25) is 11.1 Å². The topological polar surface area (TPSA) is 90.3 Å². The number of aromatic nitrogens is 3. The van der Waals surface area contributed by atoms with Crippen molar-refractivity contribution in [2.75, 3.05) is 23.5 Å². The maximum Gasteiger partial charge on any atom is 0.255 e. The van der Waals surface area contributed by atoms with Crippen LogP contribution in [0.5, 0.6) is 11.5 Å². The van der Waals surface area contributed by atoms with Crippen molar-refractivity contribution in [3.05, 3.63) is 99.2 Å². The molecule has 8 nitrogen and oxygen atoms in total. The number of hydrogen-bond acceptors (Lipinski definition) is 7. The Hall–Kier alpha value is -3.76. The van der Waals surface area contributed by atoms with Crippen LogP contribution < -0.4 is 20.1 Å². The largest absolute Gasteiger partial charge is 0.493 e. The molecule has 0 spiro atoms. The van der Waals surface area contributed by atoms with E-state index in [0.717, 1.165) is 34.6 Å². The molecule has 1 aliphatic rings. The van der Waals surface area contributed by atoms with Crippen molar-refractivity contribution in [1.29, 1.82) is 0 Å². The normalized spacial score (nSPS) is 14.3. The number of anilines is 2. The highest BCUT2D eigenvalue weighted by Crippen LogP contribution is 2.43. The molecule has 0 aliphatic carbocycles. The SMILES string of the molecule is CCCSc1nc2n(n1)C(c1cc(Br)c(OCc3ccccc3)c(OC)c1)C(C(=O)Nc1cccc(C)c1)=C(C)N2. The highest BCUT2D eigenvalue weighted by atomic mass is 79.9. The Balaban J connectivity index is 1.55. The van der Waals surface area contributed by atoms with Crippen LogP contribution in [0.4, 0.5) is 11.6 Å². The van der Waals surface area contributed by atoms with Gasteiger partial charge in [-0.05, 0) is 77.2 Å². The summed E-state index contributed by atoms with van der Waals surface area (Å²) in [5, 5.41) is 11.9. The summed E-state index contributed by atoms with van der Waals surface area (Å²) in [6.07, 6.45) is 1.00. The smallest absolute Gasteiger partial charge is 0.255 e. The minimum Gasteiger partial charge on any atom is -0.493 e. The number of thioether (sulfide) groups is 1. The first-order chi connectivity index (χ1) is 19.9. The number of benzene rings is 3. The molecule has 10 heteroatoms. The van der Waals surface area contributed by atoms with E-state index < -0.39 is 6.04 Å². The number of carbonyl (C=O) groups is 1. The molecule has 1 amide bonds. The van der Waals surface area contributed by atoms with Crippen molar-refractivity contribution in [3.8, 4) is 11.5 Å². The Kier molecular flexibility index (Phi) is 8.99. The van der Waals surface area contributed by atoms with Crippen LogP contribution in [0.3, 0.4) is 0 Å². The summed E-state index contributed by atoms with van der Waals surface area (Å²) in [7, 11) is 1.61. The molecular formula is C31H32BrN5O3S. The molecule has 0 fully saturated rings. The van der Waals surface area contributed by atoms with E-state index in [1.807, 2.05) is 80.6 Å². The zero-order valence-electron chi connectivity index (χ0n) is 23.4. The molecule has 1 aliphatic heterocycles. The molecule has 2 heterocycles. The number of ether oxygens (including phenoxy) is 2. The summed E-state index contributed by atoms with van der Waals surface area (Å²) in [4.78, 5) is 18.6. The maximum absolute atomic E-state index is 13.9. The van der Waals surface area contributed by atoms with E-state index in [1.165, 1.54) is 0 Å². The first-order valence-corrected chi connectivity index (χ1v) is 15.1. The number of amides is 1. The van der Waals surface area contributed by atoms with Crippen molar-refractivity contribution in [2.45, 2.75) is 45.0 Å². The van der Waals surface area contributed by atoms with Gasteiger partial charge in [-0.15, -0.1) is 5.10 Å². The predicted octanol–water partition coefficient (Wildman–Crippen LogP) is 7.37. The Morgan fingerprint density at radius 2 is 1.93 bits per heavy atom. The highest BCUT2D eigenvalue weighted by Gasteiger charge is 2.35. The van der Waals surface area contributed by atoms with Gasteiger partial charge in [0.25, 0.3) is 5.91 Å². The summed E-state index contributed by atoms with van der Waals surface area (Å²) in [5.74, 6) is 2.38. The van der Waals surface area contributed by atoms with E-state index in [2.05, 4.69) is 33.5 Å². The lowest BCUT2D eigenvalue weighted by molar-refractivity contribution is -0.113. The fourth-order valence-corrected chi connectivity index (χ4v) is 5.93. The summed E-state index contributed by atoms with van der Waals surface area (Å²) in [6, 6.07) is 21.0. The third-order valence-corrected chi connectivity index (χ3v) is 8.22. The Bertz CT molecular complexity index is 1590. The van der Waals surface area contributed by atoms with Gasteiger partial charge in [-0.25, -0.2) is 4.68 Å². The average molecular weight is 635 g/mol. The Morgan fingerprint density at radius 3 is 2.66 bits per heavy atom. The number of hydrogen-bond donors (Lipinski definition) is 2. The van der Waals surface area contributed by atoms with E-state index in [9.17, 15) is 4.79 Å². The minimum atomic E-state index is -0.562. The van der Waals surface area contributed by atoms with E-state index in [1.54, 1.807) is 23.6 Å². The van der Waals surface area contributed by atoms with E-state index in [-0.39, 0.29) is 5.91 Å². The van der Waals surface area contributed by atoms with Gasteiger partial charge in [-0.1, -0.05) is 61.2 Å². The van der Waals surface area contributed by atoms with Crippen molar-refractivity contribution in [3.63, 3.8) is 0 Å². The summed E-state index contributed by atoms with van der Waals surface area (Å²) < 4.78 is 14.5. The second-order valence-electron chi connectivity index (χ2n) is 9.71. The quantitative estimate of drug-likeness (QED) is 0.176. The maximum atomic E-state index is 13.9. The molecule has 4 aromatic rings. The molecule has 1 atom stereocenters. The molecule has 212 valence electrons. The fourth-order valence-electron chi connectivity index (χ4n) is 4.68.